The Kier molecular flexibility index (Phi) is 7.29. The minimum absolute atomic E-state index is 0.0778. The summed E-state index contributed by atoms with van der Waals surface area (Å²) >= 11 is 1.32. The number of halogens is 3. The van der Waals surface area contributed by atoms with Crippen molar-refractivity contribution in [2.24, 2.45) is 18.9 Å². The molecular weight excluding hydrogens is 529 g/mol. The predicted molar refractivity (Wildman–Crippen MR) is 130 cm³/mol. The normalized spacial score (nSPS) is 27.7. The van der Waals surface area contributed by atoms with E-state index in [1.807, 2.05) is 0 Å². The molecule has 15 heteroatoms. The molecule has 1 aromatic heterocycles. The first-order valence-electron chi connectivity index (χ1n) is 12.0. The first-order valence-corrected chi connectivity index (χ1v) is 12.8. The number of hydrogen-bond donors (Lipinski definition) is 3. The van der Waals surface area contributed by atoms with Crippen LogP contribution in [-0.4, -0.2) is 92.4 Å². The maximum Gasteiger partial charge on any atom is 0.435 e. The number of fused-ring (bicyclic) bond motifs is 1. The Hall–Kier alpha value is -3.07. The van der Waals surface area contributed by atoms with Crippen LogP contribution in [0.1, 0.15) is 36.3 Å². The van der Waals surface area contributed by atoms with Crippen LogP contribution in [0.15, 0.2) is 16.8 Å². The predicted octanol–water partition coefficient (Wildman–Crippen LogP) is 0.882. The summed E-state index contributed by atoms with van der Waals surface area (Å²) < 4.78 is 40.8. The highest BCUT2D eigenvalue weighted by atomic mass is 32.2. The lowest BCUT2D eigenvalue weighted by Gasteiger charge is -2.47. The van der Waals surface area contributed by atoms with Gasteiger partial charge < -0.3 is 25.5 Å². The quantitative estimate of drug-likeness (QED) is 0.420. The van der Waals surface area contributed by atoms with Crippen molar-refractivity contribution in [1.29, 1.82) is 0 Å². The van der Waals surface area contributed by atoms with Crippen LogP contribution in [-0.2, 0) is 27.6 Å². The van der Waals surface area contributed by atoms with E-state index in [0.29, 0.717) is 17.9 Å². The van der Waals surface area contributed by atoms with Gasteiger partial charge in [-0.15, -0.1) is 11.8 Å². The average Bonchev–Trinajstić information content (AvgIpc) is 3.49. The third-order valence-electron chi connectivity index (χ3n) is 7.15. The molecule has 0 bridgehead atoms. The molecule has 0 saturated carbocycles. The minimum atomic E-state index is -4.84. The van der Waals surface area contributed by atoms with Gasteiger partial charge in [-0.05, 0) is 13.3 Å². The number of aromatic nitrogens is 2. The van der Waals surface area contributed by atoms with Crippen molar-refractivity contribution in [3.05, 3.63) is 28.1 Å². The molecule has 0 radical (unpaired) electrons. The monoisotopic (exact) mass is 558 g/mol. The van der Waals surface area contributed by atoms with Gasteiger partial charge in [-0.25, -0.2) is 4.79 Å². The number of carboxylic acid groups (broad SMARTS) is 1. The first-order chi connectivity index (χ1) is 17.6. The first kappa shape index (κ1) is 28.0. The number of β-lactam (4-membered cyclic amide) rings is 1. The number of nitrogens with zero attached hydrogens (tertiary/aromatic N) is 4. The summed E-state index contributed by atoms with van der Waals surface area (Å²) in [4.78, 5) is 53.5. The number of aryl methyl sites for hydroxylation is 1. The Labute approximate surface area is 220 Å². The molecule has 0 aromatic carbocycles. The molecule has 3 aliphatic heterocycles. The van der Waals surface area contributed by atoms with Crippen LogP contribution in [0.4, 0.5) is 13.2 Å². The van der Waals surface area contributed by atoms with Gasteiger partial charge in [0.05, 0.1) is 23.6 Å². The van der Waals surface area contributed by atoms with Gasteiger partial charge in [-0.1, -0.05) is 6.92 Å². The van der Waals surface area contributed by atoms with Crippen LogP contribution >= 0.6 is 11.8 Å². The Morgan fingerprint density at radius 3 is 2.55 bits per heavy atom. The van der Waals surface area contributed by atoms with Gasteiger partial charge in [0.25, 0.3) is 5.91 Å². The number of likely N-dealkylation sites (N-methyl/N-ethyl adjacent to an activating group) is 1. The number of carbonyl (C=O) groups excluding carboxylic acids is 3. The summed E-state index contributed by atoms with van der Waals surface area (Å²) in [6.45, 7) is 3.79. The number of alkyl halides is 3. The smallest absolute Gasteiger partial charge is 0.435 e. The summed E-state index contributed by atoms with van der Waals surface area (Å²) in [5, 5.41) is 18.8. The van der Waals surface area contributed by atoms with Gasteiger partial charge in [0.2, 0.25) is 11.8 Å². The van der Waals surface area contributed by atoms with E-state index >= 15 is 0 Å². The molecule has 1 aromatic rings. The number of thioether (sulfide) groups is 1. The second-order valence-corrected chi connectivity index (χ2v) is 11.4. The highest BCUT2D eigenvalue weighted by molar-refractivity contribution is 8.03. The minimum Gasteiger partial charge on any atom is -0.477 e. The van der Waals surface area contributed by atoms with E-state index in [0.717, 1.165) is 10.9 Å². The number of aliphatic carboxylic acids is 1. The summed E-state index contributed by atoms with van der Waals surface area (Å²) in [5.74, 6) is -4.09. The van der Waals surface area contributed by atoms with Gasteiger partial charge in [0, 0.05) is 56.0 Å². The second-order valence-electron chi connectivity index (χ2n) is 10.0. The summed E-state index contributed by atoms with van der Waals surface area (Å²) in [5.41, 5.74) is -2.11. The SMILES string of the molecule is C[C@@H](NC(=O)c1cn(C)nc1C(F)(F)F)[C@H]1C(=O)N2C(C(=O)O)=C(S[C@@H]3CN[C@H](C(=O)N(C)C)C3)[C@H](C)[C@H]12. The fourth-order valence-corrected chi connectivity index (χ4v) is 6.89. The molecule has 208 valence electrons. The molecule has 3 amide bonds. The number of nitrogens with one attached hydrogen (secondary N) is 2. The maximum atomic E-state index is 13.3. The van der Waals surface area contributed by atoms with Crippen LogP contribution in [0.5, 0.6) is 0 Å². The number of amides is 3. The fourth-order valence-electron chi connectivity index (χ4n) is 5.41. The van der Waals surface area contributed by atoms with Crippen LogP contribution in [0.3, 0.4) is 0 Å². The number of rotatable bonds is 7. The topological polar surface area (TPSA) is 137 Å². The Morgan fingerprint density at radius 1 is 1.32 bits per heavy atom. The zero-order chi connectivity index (χ0) is 28.3. The second kappa shape index (κ2) is 9.91. The summed E-state index contributed by atoms with van der Waals surface area (Å²) in [7, 11) is 4.58. The molecule has 0 aliphatic carbocycles. The largest absolute Gasteiger partial charge is 0.477 e. The van der Waals surface area contributed by atoms with E-state index in [2.05, 4.69) is 15.7 Å². The Bertz CT molecular complexity index is 1210. The lowest BCUT2D eigenvalue weighted by Crippen LogP contribution is -2.66. The molecule has 0 unspecified atom stereocenters. The lowest BCUT2D eigenvalue weighted by atomic mass is 9.78. The van der Waals surface area contributed by atoms with Crippen molar-refractivity contribution >= 4 is 35.5 Å². The third-order valence-corrected chi connectivity index (χ3v) is 8.67. The molecule has 3 aliphatic rings. The van der Waals surface area contributed by atoms with Crippen LogP contribution in [0.25, 0.3) is 0 Å². The highest BCUT2D eigenvalue weighted by Gasteiger charge is 2.60. The van der Waals surface area contributed by atoms with Gasteiger partial charge in [0.1, 0.15) is 5.70 Å². The number of carbonyl (C=O) groups is 4. The van der Waals surface area contributed by atoms with Gasteiger partial charge >= 0.3 is 12.1 Å². The van der Waals surface area contributed by atoms with Gasteiger partial charge in [-0.2, -0.15) is 18.3 Å². The average molecular weight is 559 g/mol. The van der Waals surface area contributed by atoms with E-state index in [9.17, 15) is 37.5 Å². The molecule has 0 spiro atoms. The van der Waals surface area contributed by atoms with E-state index in [1.165, 1.54) is 35.5 Å². The molecule has 2 saturated heterocycles. The number of carboxylic acids is 1. The van der Waals surface area contributed by atoms with E-state index in [4.69, 9.17) is 0 Å². The van der Waals surface area contributed by atoms with Crippen molar-refractivity contribution < 1.29 is 37.5 Å². The number of hydrogen-bond acceptors (Lipinski definition) is 7. The molecule has 4 rings (SSSR count). The zero-order valence-corrected chi connectivity index (χ0v) is 22.2. The van der Waals surface area contributed by atoms with Gasteiger partial charge in [-0.3, -0.25) is 19.1 Å². The summed E-state index contributed by atoms with van der Waals surface area (Å²) in [6.07, 6.45) is -3.38. The standard InChI is InChI=1S/C23H29F3N6O5S/c1-9-15-14(10(2)28-19(33)12-8-31(5)29-18(12)23(24,25)26)21(35)32(15)16(22(36)37)17(9)38-11-6-13(27-7-11)20(34)30(3)4/h8-11,13-15,27H,6-7H2,1-5H3,(H,28,33)(H,36,37)/t9-,10-,11+,13+,14-,15-/m1/s1. The van der Waals surface area contributed by atoms with E-state index < -0.39 is 53.2 Å². The van der Waals surface area contributed by atoms with Crippen LogP contribution in [0, 0.1) is 11.8 Å². The van der Waals surface area contributed by atoms with Crippen LogP contribution in [0.2, 0.25) is 0 Å². The van der Waals surface area contributed by atoms with Crippen molar-refractivity contribution in [2.75, 3.05) is 20.6 Å². The van der Waals surface area contributed by atoms with E-state index in [-0.39, 0.29) is 28.8 Å². The Morgan fingerprint density at radius 2 is 1.97 bits per heavy atom. The third kappa shape index (κ3) is 4.77. The van der Waals surface area contributed by atoms with Gasteiger partial charge in [0.15, 0.2) is 5.69 Å². The van der Waals surface area contributed by atoms with E-state index in [1.54, 1.807) is 21.0 Å². The zero-order valence-electron chi connectivity index (χ0n) is 21.4. The van der Waals surface area contributed by atoms with Crippen molar-refractivity contribution in [3.8, 4) is 0 Å². The highest BCUT2D eigenvalue weighted by Crippen LogP contribution is 2.52. The van der Waals surface area contributed by atoms with Crippen molar-refractivity contribution in [2.45, 2.75) is 49.8 Å². The molecule has 2 fully saturated rings. The fraction of sp³-hybridized carbons (Fsp3) is 0.609. The van der Waals surface area contributed by atoms with Crippen molar-refractivity contribution in [3.63, 3.8) is 0 Å². The molecule has 3 N–H and O–H groups in total. The Balaban J connectivity index is 1.49. The maximum absolute atomic E-state index is 13.3. The van der Waals surface area contributed by atoms with Crippen molar-refractivity contribution in [1.82, 2.24) is 30.2 Å². The molecular formula is C23H29F3N6O5S. The van der Waals surface area contributed by atoms with Crippen LogP contribution < -0.4 is 10.6 Å². The molecule has 11 nitrogen and oxygen atoms in total. The molecule has 6 atom stereocenters. The molecule has 4 heterocycles. The lowest BCUT2D eigenvalue weighted by molar-refractivity contribution is -0.158. The summed E-state index contributed by atoms with van der Waals surface area (Å²) in [6, 6.07) is -1.82. The molecule has 38 heavy (non-hydrogen) atoms.